The van der Waals surface area contributed by atoms with Gasteiger partial charge in [-0.25, -0.2) is 0 Å². The number of aliphatic hydroxyl groups is 1. The van der Waals surface area contributed by atoms with Crippen LogP contribution in [0.4, 0.5) is 11.4 Å². The quantitative estimate of drug-likeness (QED) is 0.204. The molecule has 6 nitrogen and oxygen atoms in total. The molecule has 2 saturated heterocycles. The fourth-order valence-corrected chi connectivity index (χ4v) is 5.52. The van der Waals surface area contributed by atoms with Crippen molar-refractivity contribution in [1.29, 1.82) is 0 Å². The molecule has 0 aliphatic carbocycles. The van der Waals surface area contributed by atoms with Crippen LogP contribution < -0.4 is 9.80 Å². The summed E-state index contributed by atoms with van der Waals surface area (Å²) in [5.41, 5.74) is 2.21. The summed E-state index contributed by atoms with van der Waals surface area (Å²) in [6.07, 6.45) is 3.59. The van der Waals surface area contributed by atoms with Gasteiger partial charge in [0, 0.05) is 30.0 Å². The monoisotopic (exact) mass is 492 g/mol. The van der Waals surface area contributed by atoms with Gasteiger partial charge in [-0.2, -0.15) is 0 Å². The normalized spacial score (nSPS) is 19.6. The summed E-state index contributed by atoms with van der Waals surface area (Å²) in [4.78, 5) is 30.7. The van der Waals surface area contributed by atoms with E-state index in [0.29, 0.717) is 22.8 Å². The van der Waals surface area contributed by atoms with Crippen LogP contribution in [0.1, 0.15) is 42.4 Å². The molecule has 6 heteroatoms. The number of amides is 1. The van der Waals surface area contributed by atoms with Crippen molar-refractivity contribution in [3.63, 3.8) is 0 Å². The first-order valence-electron chi connectivity index (χ1n) is 12.7. The van der Waals surface area contributed by atoms with Crippen molar-refractivity contribution in [3.8, 4) is 0 Å². The number of aliphatic hydroxyl groups excluding tert-OH is 1. The largest absolute Gasteiger partial charge is 0.507 e. The van der Waals surface area contributed by atoms with E-state index in [1.165, 1.54) is 24.2 Å². The summed E-state index contributed by atoms with van der Waals surface area (Å²) >= 11 is 0. The minimum absolute atomic E-state index is 0.0239. The van der Waals surface area contributed by atoms with E-state index < -0.39 is 17.7 Å². The molecule has 2 aliphatic rings. The topological polar surface area (TPSA) is 74.0 Å². The Balaban J connectivity index is 1.48. The number of furan rings is 1. The molecule has 2 fully saturated rings. The lowest BCUT2D eigenvalue weighted by Gasteiger charge is -2.29. The van der Waals surface area contributed by atoms with Crippen LogP contribution in [-0.2, 0) is 9.59 Å². The number of carbonyl (C=O) groups is 2. The molecule has 3 heterocycles. The predicted octanol–water partition coefficient (Wildman–Crippen LogP) is 6.36. The molecule has 1 aromatic heterocycles. The highest BCUT2D eigenvalue weighted by Gasteiger charge is 2.48. The van der Waals surface area contributed by atoms with Crippen molar-refractivity contribution < 1.29 is 19.1 Å². The molecule has 6 rings (SSSR count). The standard InChI is InChI=1S/C31H28N2O4/c1-20-12-17-26(37-20)28-27(29(34)25-11-7-9-21-8-3-4-10-24(21)25)30(35)31(36)33(28)23-15-13-22(14-16-23)32-18-5-2-6-19-32/h3-4,7-17,28,34H,2,5-6,18-19H2,1H3/b29-27-. The van der Waals surface area contributed by atoms with E-state index in [1.54, 1.807) is 18.2 Å². The fraction of sp³-hybridized carbons (Fsp3) is 0.226. The Hall–Kier alpha value is -4.32. The number of hydrogen-bond donors (Lipinski definition) is 1. The molecule has 1 amide bonds. The Bertz CT molecular complexity index is 1520. The zero-order valence-electron chi connectivity index (χ0n) is 20.7. The van der Waals surface area contributed by atoms with Crippen molar-refractivity contribution in [1.82, 2.24) is 0 Å². The second-order valence-electron chi connectivity index (χ2n) is 9.71. The lowest BCUT2D eigenvalue weighted by molar-refractivity contribution is -0.132. The number of aryl methyl sites for hydroxylation is 1. The molecule has 0 spiro atoms. The molecular formula is C31H28N2O4. The summed E-state index contributed by atoms with van der Waals surface area (Å²) in [7, 11) is 0. The number of fused-ring (bicyclic) bond motifs is 1. The van der Waals surface area contributed by atoms with E-state index in [-0.39, 0.29) is 11.3 Å². The maximum absolute atomic E-state index is 13.5. The van der Waals surface area contributed by atoms with Crippen LogP contribution in [0, 0.1) is 6.92 Å². The van der Waals surface area contributed by atoms with Crippen molar-refractivity contribution in [3.05, 3.63) is 102 Å². The van der Waals surface area contributed by atoms with Crippen LogP contribution in [-0.4, -0.2) is 29.9 Å². The van der Waals surface area contributed by atoms with Crippen LogP contribution >= 0.6 is 0 Å². The van der Waals surface area contributed by atoms with Crippen LogP contribution in [0.2, 0.25) is 0 Å². The van der Waals surface area contributed by atoms with Gasteiger partial charge in [-0.05, 0) is 73.4 Å². The Labute approximate surface area is 215 Å². The lowest BCUT2D eigenvalue weighted by Crippen LogP contribution is -2.30. The maximum atomic E-state index is 13.5. The Morgan fingerprint density at radius 3 is 2.27 bits per heavy atom. The van der Waals surface area contributed by atoms with Gasteiger partial charge in [0.05, 0.1) is 5.57 Å². The van der Waals surface area contributed by atoms with Gasteiger partial charge in [0.25, 0.3) is 11.7 Å². The van der Waals surface area contributed by atoms with Gasteiger partial charge < -0.3 is 14.4 Å². The molecule has 1 N–H and O–H groups in total. The highest BCUT2D eigenvalue weighted by Crippen LogP contribution is 2.43. The molecule has 1 unspecified atom stereocenters. The van der Waals surface area contributed by atoms with Crippen molar-refractivity contribution in [2.45, 2.75) is 32.2 Å². The second kappa shape index (κ2) is 9.28. The third kappa shape index (κ3) is 3.99. The van der Waals surface area contributed by atoms with Gasteiger partial charge in [0.15, 0.2) is 0 Å². The number of benzene rings is 3. The molecule has 0 bridgehead atoms. The van der Waals surface area contributed by atoms with Gasteiger partial charge in [0.2, 0.25) is 0 Å². The van der Waals surface area contributed by atoms with E-state index >= 15 is 0 Å². The number of carbonyl (C=O) groups excluding carboxylic acids is 2. The minimum Gasteiger partial charge on any atom is -0.507 e. The number of piperidine rings is 1. The summed E-state index contributed by atoms with van der Waals surface area (Å²) in [5.74, 6) is -0.539. The summed E-state index contributed by atoms with van der Waals surface area (Å²) in [6, 6.07) is 23.6. The van der Waals surface area contributed by atoms with Crippen molar-refractivity contribution >= 4 is 39.6 Å². The summed E-state index contributed by atoms with van der Waals surface area (Å²) in [5, 5.41) is 13.3. The number of ketones is 1. The van der Waals surface area contributed by atoms with Crippen LogP contribution in [0.5, 0.6) is 0 Å². The maximum Gasteiger partial charge on any atom is 0.300 e. The first-order valence-corrected chi connectivity index (χ1v) is 12.7. The van der Waals surface area contributed by atoms with E-state index in [4.69, 9.17) is 4.42 Å². The highest BCUT2D eigenvalue weighted by atomic mass is 16.3. The number of anilines is 2. The third-order valence-electron chi connectivity index (χ3n) is 7.37. The molecule has 37 heavy (non-hydrogen) atoms. The second-order valence-corrected chi connectivity index (χ2v) is 9.71. The van der Waals surface area contributed by atoms with Gasteiger partial charge in [-0.1, -0.05) is 42.5 Å². The predicted molar refractivity (Wildman–Crippen MR) is 145 cm³/mol. The van der Waals surface area contributed by atoms with Gasteiger partial charge >= 0.3 is 0 Å². The van der Waals surface area contributed by atoms with Gasteiger partial charge in [0.1, 0.15) is 23.3 Å². The average molecular weight is 493 g/mol. The molecule has 0 saturated carbocycles. The SMILES string of the molecule is Cc1ccc(C2/C(=C(/O)c3cccc4ccccc34)C(=O)C(=O)N2c2ccc(N3CCCCC3)cc2)o1. The average Bonchev–Trinajstić information content (AvgIpc) is 3.48. The Kier molecular flexibility index (Phi) is 5.80. The zero-order valence-corrected chi connectivity index (χ0v) is 20.7. The Morgan fingerprint density at radius 2 is 1.54 bits per heavy atom. The highest BCUT2D eigenvalue weighted by molar-refractivity contribution is 6.51. The lowest BCUT2D eigenvalue weighted by atomic mass is 9.96. The molecule has 1 atom stereocenters. The summed E-state index contributed by atoms with van der Waals surface area (Å²) in [6.45, 7) is 3.84. The Morgan fingerprint density at radius 1 is 0.838 bits per heavy atom. The van der Waals surface area contributed by atoms with E-state index in [9.17, 15) is 14.7 Å². The zero-order chi connectivity index (χ0) is 25.5. The van der Waals surface area contributed by atoms with Crippen LogP contribution in [0.15, 0.2) is 88.9 Å². The number of Topliss-reactive ketones (excluding diaryl/α,β-unsaturated/α-hetero) is 1. The number of hydrogen-bond acceptors (Lipinski definition) is 5. The van der Waals surface area contributed by atoms with E-state index in [1.807, 2.05) is 67.6 Å². The molecule has 2 aliphatic heterocycles. The molecule has 3 aromatic carbocycles. The van der Waals surface area contributed by atoms with Crippen LogP contribution in [0.25, 0.3) is 16.5 Å². The van der Waals surface area contributed by atoms with Gasteiger partial charge in [-0.15, -0.1) is 0 Å². The number of nitrogens with zero attached hydrogens (tertiary/aromatic N) is 2. The van der Waals surface area contributed by atoms with Crippen molar-refractivity contribution in [2.75, 3.05) is 22.9 Å². The van der Waals surface area contributed by atoms with Crippen molar-refractivity contribution in [2.24, 2.45) is 0 Å². The van der Waals surface area contributed by atoms with Gasteiger partial charge in [-0.3, -0.25) is 14.5 Å². The minimum atomic E-state index is -0.881. The third-order valence-corrected chi connectivity index (χ3v) is 7.37. The van der Waals surface area contributed by atoms with Crippen LogP contribution in [0.3, 0.4) is 0 Å². The number of rotatable bonds is 4. The molecule has 186 valence electrons. The molecule has 4 aromatic rings. The molecule has 0 radical (unpaired) electrons. The van der Waals surface area contributed by atoms with E-state index in [0.717, 1.165) is 29.5 Å². The fourth-order valence-electron chi connectivity index (χ4n) is 5.52. The summed E-state index contributed by atoms with van der Waals surface area (Å²) < 4.78 is 5.94. The van der Waals surface area contributed by atoms with E-state index in [2.05, 4.69) is 4.90 Å². The first kappa shape index (κ1) is 23.1. The first-order chi connectivity index (χ1) is 18.0. The smallest absolute Gasteiger partial charge is 0.300 e. The molecular weight excluding hydrogens is 464 g/mol.